The summed E-state index contributed by atoms with van der Waals surface area (Å²) in [6, 6.07) is 21.4. The molecule has 0 aliphatic carbocycles. The van der Waals surface area contributed by atoms with Crippen LogP contribution in [0.25, 0.3) is 0 Å². The minimum Gasteiger partial charge on any atom is -0.463 e. The van der Waals surface area contributed by atoms with Gasteiger partial charge in [-0.05, 0) is 43.7 Å². The van der Waals surface area contributed by atoms with Gasteiger partial charge in [-0.15, -0.1) is 0 Å². The van der Waals surface area contributed by atoms with Crippen molar-refractivity contribution in [2.75, 3.05) is 5.32 Å². The highest BCUT2D eigenvalue weighted by atomic mass is 16.3. The third-order valence-corrected chi connectivity index (χ3v) is 4.19. The Bertz CT molecular complexity index is 813. The lowest BCUT2D eigenvalue weighted by Gasteiger charge is -2.19. The number of hydrogen-bond acceptors (Lipinski definition) is 2. The Kier molecular flexibility index (Phi) is 5.31. The fourth-order valence-electron chi connectivity index (χ4n) is 2.85. The Morgan fingerprint density at radius 1 is 1.04 bits per heavy atom. The number of amides is 1. The lowest BCUT2D eigenvalue weighted by Crippen LogP contribution is -2.92. The first-order chi connectivity index (χ1) is 12.1. The molecule has 1 aromatic heterocycles. The van der Waals surface area contributed by atoms with Gasteiger partial charge in [-0.1, -0.05) is 42.5 Å². The van der Waals surface area contributed by atoms with E-state index in [4.69, 9.17) is 4.42 Å². The van der Waals surface area contributed by atoms with Gasteiger partial charge in [0.05, 0.1) is 6.26 Å². The summed E-state index contributed by atoms with van der Waals surface area (Å²) in [4.78, 5) is 12.6. The van der Waals surface area contributed by atoms with E-state index in [1.165, 1.54) is 0 Å². The molecule has 0 radical (unpaired) electrons. The van der Waals surface area contributed by atoms with Crippen molar-refractivity contribution in [2.45, 2.75) is 25.9 Å². The van der Waals surface area contributed by atoms with Crippen molar-refractivity contribution in [3.8, 4) is 0 Å². The van der Waals surface area contributed by atoms with Crippen molar-refractivity contribution >= 4 is 11.6 Å². The molecule has 0 saturated heterocycles. The van der Waals surface area contributed by atoms with Crippen molar-refractivity contribution in [3.63, 3.8) is 0 Å². The molecule has 1 amide bonds. The molecule has 0 aliphatic rings. The van der Waals surface area contributed by atoms with Gasteiger partial charge in [0.1, 0.15) is 0 Å². The molecule has 3 aromatic rings. The van der Waals surface area contributed by atoms with E-state index in [2.05, 4.69) is 17.4 Å². The van der Waals surface area contributed by atoms with Crippen LogP contribution in [0.4, 0.5) is 5.69 Å². The first-order valence-corrected chi connectivity index (χ1v) is 8.44. The summed E-state index contributed by atoms with van der Waals surface area (Å²) in [5, 5.41) is 5.01. The molecule has 1 heterocycles. The van der Waals surface area contributed by atoms with E-state index < -0.39 is 0 Å². The highest BCUT2D eigenvalue weighted by Crippen LogP contribution is 2.18. The maximum atomic E-state index is 12.6. The summed E-state index contributed by atoms with van der Waals surface area (Å²) in [5.41, 5.74) is 3.04. The van der Waals surface area contributed by atoms with Crippen LogP contribution in [-0.2, 0) is 4.79 Å². The minimum absolute atomic E-state index is 0.0295. The Morgan fingerprint density at radius 2 is 1.84 bits per heavy atom. The number of carbonyl (C=O) groups is 1. The number of aryl methyl sites for hydroxylation is 1. The quantitative estimate of drug-likeness (QED) is 0.726. The molecule has 128 valence electrons. The molecule has 25 heavy (non-hydrogen) atoms. The molecule has 3 rings (SSSR count). The zero-order chi connectivity index (χ0) is 17.6. The fraction of sp³-hybridized carbons (Fsp3) is 0.190. The SMILES string of the molecule is Cc1cccc(NC(=O)[C@H](C)[NH2+][C@H](c2ccccc2)c2ccco2)c1. The number of hydrogen-bond donors (Lipinski definition) is 2. The van der Waals surface area contributed by atoms with Gasteiger partial charge in [-0.2, -0.15) is 0 Å². The Labute approximate surface area is 147 Å². The number of anilines is 1. The van der Waals surface area contributed by atoms with Gasteiger partial charge in [0.2, 0.25) is 0 Å². The molecular weight excluding hydrogens is 312 g/mol. The molecule has 3 N–H and O–H groups in total. The van der Waals surface area contributed by atoms with Crippen LogP contribution in [0, 0.1) is 6.92 Å². The molecule has 0 saturated carbocycles. The van der Waals surface area contributed by atoms with Gasteiger partial charge in [0, 0.05) is 11.3 Å². The monoisotopic (exact) mass is 335 g/mol. The topological polar surface area (TPSA) is 58.9 Å². The standard InChI is InChI=1S/C21H22N2O2/c1-15-8-6-11-18(14-15)23-21(24)16(2)22-20(19-12-7-13-25-19)17-9-4-3-5-10-17/h3-14,16,20,22H,1-2H3,(H,23,24)/p+1/t16-,20+/m0/s1. The first kappa shape index (κ1) is 17.0. The predicted octanol–water partition coefficient (Wildman–Crippen LogP) is 3.27. The zero-order valence-electron chi connectivity index (χ0n) is 14.5. The van der Waals surface area contributed by atoms with E-state index in [0.29, 0.717) is 0 Å². The summed E-state index contributed by atoms with van der Waals surface area (Å²) in [6.45, 7) is 3.91. The molecule has 0 fully saturated rings. The van der Waals surface area contributed by atoms with Crippen molar-refractivity contribution < 1.29 is 14.5 Å². The normalized spacial score (nSPS) is 13.2. The van der Waals surface area contributed by atoms with Crippen LogP contribution in [0.15, 0.2) is 77.4 Å². The van der Waals surface area contributed by atoms with Crippen LogP contribution in [0.5, 0.6) is 0 Å². The number of benzene rings is 2. The van der Waals surface area contributed by atoms with Gasteiger partial charge in [-0.25, -0.2) is 0 Å². The molecular formula is C21H23N2O2+. The van der Waals surface area contributed by atoms with E-state index in [-0.39, 0.29) is 18.0 Å². The smallest absolute Gasteiger partial charge is 0.282 e. The lowest BCUT2D eigenvalue weighted by molar-refractivity contribution is -0.706. The summed E-state index contributed by atoms with van der Waals surface area (Å²) < 4.78 is 5.60. The molecule has 4 nitrogen and oxygen atoms in total. The summed E-state index contributed by atoms with van der Waals surface area (Å²) in [7, 11) is 0. The second kappa shape index (κ2) is 7.81. The maximum Gasteiger partial charge on any atom is 0.282 e. The number of rotatable bonds is 6. The Morgan fingerprint density at radius 3 is 2.52 bits per heavy atom. The number of furan rings is 1. The lowest BCUT2D eigenvalue weighted by atomic mass is 10.0. The number of quaternary nitrogens is 1. The predicted molar refractivity (Wildman–Crippen MR) is 98.2 cm³/mol. The van der Waals surface area contributed by atoms with E-state index in [1.807, 2.05) is 73.8 Å². The molecule has 0 aliphatic heterocycles. The average molecular weight is 335 g/mol. The zero-order valence-corrected chi connectivity index (χ0v) is 14.5. The van der Waals surface area contributed by atoms with Crippen molar-refractivity contribution in [1.29, 1.82) is 0 Å². The summed E-state index contributed by atoms with van der Waals surface area (Å²) in [6.07, 6.45) is 1.66. The largest absolute Gasteiger partial charge is 0.463 e. The summed E-state index contributed by atoms with van der Waals surface area (Å²) >= 11 is 0. The van der Waals surface area contributed by atoms with Crippen molar-refractivity contribution in [2.24, 2.45) is 0 Å². The number of nitrogens with two attached hydrogens (primary N) is 1. The van der Waals surface area contributed by atoms with Gasteiger partial charge >= 0.3 is 0 Å². The molecule has 2 aromatic carbocycles. The summed E-state index contributed by atoms with van der Waals surface area (Å²) in [5.74, 6) is 0.805. The van der Waals surface area contributed by atoms with Crippen LogP contribution < -0.4 is 10.6 Å². The first-order valence-electron chi connectivity index (χ1n) is 8.44. The minimum atomic E-state index is -0.268. The highest BCUT2D eigenvalue weighted by Gasteiger charge is 2.26. The van der Waals surface area contributed by atoms with E-state index >= 15 is 0 Å². The second-order valence-corrected chi connectivity index (χ2v) is 6.24. The van der Waals surface area contributed by atoms with Crippen LogP contribution in [-0.4, -0.2) is 11.9 Å². The fourth-order valence-corrected chi connectivity index (χ4v) is 2.85. The molecule has 4 heteroatoms. The molecule has 0 spiro atoms. The van der Waals surface area contributed by atoms with Gasteiger partial charge in [0.25, 0.3) is 5.91 Å². The third kappa shape index (κ3) is 4.37. The number of nitrogens with one attached hydrogen (secondary N) is 1. The van der Waals surface area contributed by atoms with E-state index in [0.717, 1.165) is 22.6 Å². The van der Waals surface area contributed by atoms with Crippen molar-refractivity contribution in [1.82, 2.24) is 0 Å². The van der Waals surface area contributed by atoms with Crippen LogP contribution in [0.3, 0.4) is 0 Å². The maximum absolute atomic E-state index is 12.6. The van der Waals surface area contributed by atoms with Crippen LogP contribution in [0.1, 0.15) is 29.9 Å². The van der Waals surface area contributed by atoms with Crippen LogP contribution >= 0.6 is 0 Å². The van der Waals surface area contributed by atoms with Crippen LogP contribution in [0.2, 0.25) is 0 Å². The Balaban J connectivity index is 1.74. The van der Waals surface area contributed by atoms with E-state index in [9.17, 15) is 4.79 Å². The van der Waals surface area contributed by atoms with Crippen molar-refractivity contribution in [3.05, 3.63) is 89.9 Å². The highest BCUT2D eigenvalue weighted by molar-refractivity contribution is 5.93. The van der Waals surface area contributed by atoms with E-state index in [1.54, 1.807) is 6.26 Å². The number of carbonyl (C=O) groups excluding carboxylic acids is 1. The molecule has 0 unspecified atom stereocenters. The van der Waals surface area contributed by atoms with Gasteiger partial charge in [-0.3, -0.25) is 4.79 Å². The Hall–Kier alpha value is -2.85. The third-order valence-electron chi connectivity index (χ3n) is 4.19. The second-order valence-electron chi connectivity index (χ2n) is 6.24. The average Bonchev–Trinajstić information content (AvgIpc) is 3.14. The molecule has 2 atom stereocenters. The molecule has 0 bridgehead atoms. The van der Waals surface area contributed by atoms with Gasteiger partial charge < -0.3 is 15.1 Å². The van der Waals surface area contributed by atoms with Gasteiger partial charge in [0.15, 0.2) is 17.8 Å².